The van der Waals surface area contributed by atoms with E-state index in [0.29, 0.717) is 0 Å². The van der Waals surface area contributed by atoms with Gasteiger partial charge in [0.05, 0.1) is 0 Å². The monoisotopic (exact) mass is 214 g/mol. The normalized spacial score (nSPS) is 33.4. The molecule has 0 aromatic rings. The summed E-state index contributed by atoms with van der Waals surface area (Å²) in [6, 6.07) is 0. The van der Waals surface area contributed by atoms with Crippen molar-refractivity contribution in [1.29, 1.82) is 0 Å². The summed E-state index contributed by atoms with van der Waals surface area (Å²) in [4.78, 5) is 2.62. The molecule has 0 aliphatic carbocycles. The lowest BCUT2D eigenvalue weighted by atomic mass is 9.90. The summed E-state index contributed by atoms with van der Waals surface area (Å²) in [5.41, 5.74) is 6.23. The fourth-order valence-corrected chi connectivity index (χ4v) is 3.61. The first-order chi connectivity index (χ1) is 6.66. The summed E-state index contributed by atoms with van der Waals surface area (Å²) in [6.07, 6.45) is 3.78. The van der Waals surface area contributed by atoms with E-state index in [1.165, 1.54) is 50.4 Å². The van der Waals surface area contributed by atoms with Gasteiger partial charge in [0.25, 0.3) is 0 Å². The molecule has 2 saturated heterocycles. The molecule has 0 aromatic carbocycles. The summed E-state index contributed by atoms with van der Waals surface area (Å²) in [6.45, 7) is 5.95. The molecule has 14 heavy (non-hydrogen) atoms. The van der Waals surface area contributed by atoms with Crippen molar-refractivity contribution >= 4 is 11.8 Å². The van der Waals surface area contributed by atoms with E-state index in [-0.39, 0.29) is 5.54 Å². The van der Waals surface area contributed by atoms with E-state index >= 15 is 0 Å². The van der Waals surface area contributed by atoms with Crippen LogP contribution in [-0.4, -0.2) is 41.6 Å². The Morgan fingerprint density at radius 2 is 2.14 bits per heavy atom. The van der Waals surface area contributed by atoms with Crippen LogP contribution in [0.4, 0.5) is 0 Å². The Bertz CT molecular complexity index is 178. The first-order valence-corrected chi connectivity index (χ1v) is 6.90. The van der Waals surface area contributed by atoms with E-state index in [2.05, 4.69) is 23.6 Å². The lowest BCUT2D eigenvalue weighted by Gasteiger charge is -2.37. The van der Waals surface area contributed by atoms with Crippen molar-refractivity contribution in [1.82, 2.24) is 4.90 Å². The average molecular weight is 214 g/mol. The van der Waals surface area contributed by atoms with Crippen LogP contribution in [-0.2, 0) is 0 Å². The average Bonchev–Trinajstić information content (AvgIpc) is 2.61. The second-order valence-corrected chi connectivity index (χ2v) is 6.33. The van der Waals surface area contributed by atoms with Crippen LogP contribution in [0.1, 0.15) is 26.2 Å². The topological polar surface area (TPSA) is 29.3 Å². The van der Waals surface area contributed by atoms with Crippen molar-refractivity contribution in [2.24, 2.45) is 11.7 Å². The number of likely N-dealkylation sites (tertiary alicyclic amines) is 1. The SMILES string of the molecule is CC1(N)CCN(CC2CCSC2)CC1. The first-order valence-electron chi connectivity index (χ1n) is 5.75. The molecular formula is C11H22N2S. The predicted molar refractivity (Wildman–Crippen MR) is 63.7 cm³/mol. The second kappa shape index (κ2) is 4.42. The summed E-state index contributed by atoms with van der Waals surface area (Å²) < 4.78 is 0. The van der Waals surface area contributed by atoms with Crippen LogP contribution in [0.2, 0.25) is 0 Å². The molecule has 2 fully saturated rings. The van der Waals surface area contributed by atoms with E-state index in [1.807, 2.05) is 0 Å². The van der Waals surface area contributed by atoms with Crippen molar-refractivity contribution in [3.8, 4) is 0 Å². The summed E-state index contributed by atoms with van der Waals surface area (Å²) in [7, 11) is 0. The Morgan fingerprint density at radius 3 is 2.71 bits per heavy atom. The van der Waals surface area contributed by atoms with E-state index in [0.717, 1.165) is 5.92 Å². The smallest absolute Gasteiger partial charge is 0.0150 e. The number of thioether (sulfide) groups is 1. The Morgan fingerprint density at radius 1 is 1.43 bits per heavy atom. The molecule has 82 valence electrons. The van der Waals surface area contributed by atoms with Gasteiger partial charge in [0.2, 0.25) is 0 Å². The summed E-state index contributed by atoms with van der Waals surface area (Å²) >= 11 is 2.12. The molecule has 2 rings (SSSR count). The van der Waals surface area contributed by atoms with Crippen molar-refractivity contribution in [3.63, 3.8) is 0 Å². The predicted octanol–water partition coefficient (Wildman–Crippen LogP) is 1.55. The van der Waals surface area contributed by atoms with Gasteiger partial charge in [-0.05, 0) is 56.7 Å². The van der Waals surface area contributed by atoms with Crippen LogP contribution in [0.5, 0.6) is 0 Å². The van der Waals surface area contributed by atoms with Gasteiger partial charge in [-0.15, -0.1) is 0 Å². The maximum atomic E-state index is 6.12. The van der Waals surface area contributed by atoms with Crippen LogP contribution < -0.4 is 5.73 Å². The van der Waals surface area contributed by atoms with Gasteiger partial charge in [-0.3, -0.25) is 0 Å². The third-order valence-electron chi connectivity index (χ3n) is 3.54. The molecule has 3 heteroatoms. The largest absolute Gasteiger partial charge is 0.325 e. The lowest BCUT2D eigenvalue weighted by molar-refractivity contribution is 0.155. The number of hydrogen-bond acceptors (Lipinski definition) is 3. The molecular weight excluding hydrogens is 192 g/mol. The molecule has 0 saturated carbocycles. The second-order valence-electron chi connectivity index (χ2n) is 5.18. The number of nitrogens with zero attached hydrogens (tertiary/aromatic N) is 1. The Kier molecular flexibility index (Phi) is 3.40. The van der Waals surface area contributed by atoms with Gasteiger partial charge in [0, 0.05) is 12.1 Å². The van der Waals surface area contributed by atoms with Crippen LogP contribution in [0.15, 0.2) is 0 Å². The van der Waals surface area contributed by atoms with Gasteiger partial charge < -0.3 is 10.6 Å². The third-order valence-corrected chi connectivity index (χ3v) is 4.77. The highest BCUT2D eigenvalue weighted by Gasteiger charge is 2.27. The number of nitrogens with two attached hydrogens (primary N) is 1. The molecule has 0 bridgehead atoms. The fraction of sp³-hybridized carbons (Fsp3) is 1.00. The Balaban J connectivity index is 1.72. The maximum Gasteiger partial charge on any atom is 0.0150 e. The zero-order valence-corrected chi connectivity index (χ0v) is 9.98. The van der Waals surface area contributed by atoms with Gasteiger partial charge in [-0.2, -0.15) is 11.8 Å². The standard InChI is InChI=1S/C11H22N2S/c1-11(12)3-5-13(6-4-11)8-10-2-7-14-9-10/h10H,2-9,12H2,1H3. The zero-order chi connectivity index (χ0) is 10.0. The summed E-state index contributed by atoms with van der Waals surface area (Å²) in [5, 5.41) is 0. The summed E-state index contributed by atoms with van der Waals surface area (Å²) in [5.74, 6) is 3.73. The zero-order valence-electron chi connectivity index (χ0n) is 9.17. The molecule has 1 unspecified atom stereocenters. The maximum absolute atomic E-state index is 6.12. The van der Waals surface area contributed by atoms with Gasteiger partial charge >= 0.3 is 0 Å². The highest BCUT2D eigenvalue weighted by Crippen LogP contribution is 2.26. The molecule has 2 aliphatic rings. The van der Waals surface area contributed by atoms with Crippen LogP contribution in [0, 0.1) is 5.92 Å². The van der Waals surface area contributed by atoms with E-state index in [1.54, 1.807) is 0 Å². The molecule has 2 aliphatic heterocycles. The Labute approximate surface area is 91.6 Å². The molecule has 2 nitrogen and oxygen atoms in total. The first kappa shape index (κ1) is 10.8. The number of piperidine rings is 1. The van der Waals surface area contributed by atoms with Crippen molar-refractivity contribution in [2.75, 3.05) is 31.1 Å². The highest BCUT2D eigenvalue weighted by atomic mass is 32.2. The van der Waals surface area contributed by atoms with E-state index in [4.69, 9.17) is 5.73 Å². The lowest BCUT2D eigenvalue weighted by Crippen LogP contribution is -2.49. The van der Waals surface area contributed by atoms with Crippen molar-refractivity contribution in [3.05, 3.63) is 0 Å². The fourth-order valence-electron chi connectivity index (χ4n) is 2.34. The number of rotatable bonds is 2. The van der Waals surface area contributed by atoms with Crippen LogP contribution in [0.25, 0.3) is 0 Å². The number of hydrogen-bond donors (Lipinski definition) is 1. The minimum atomic E-state index is 0.112. The van der Waals surface area contributed by atoms with Crippen molar-refractivity contribution in [2.45, 2.75) is 31.7 Å². The van der Waals surface area contributed by atoms with E-state index in [9.17, 15) is 0 Å². The van der Waals surface area contributed by atoms with Crippen LogP contribution in [0.3, 0.4) is 0 Å². The van der Waals surface area contributed by atoms with Gasteiger partial charge in [-0.25, -0.2) is 0 Å². The Hall–Kier alpha value is 0.270. The molecule has 2 heterocycles. The quantitative estimate of drug-likeness (QED) is 0.756. The molecule has 0 amide bonds. The van der Waals surface area contributed by atoms with Gasteiger partial charge in [0.15, 0.2) is 0 Å². The van der Waals surface area contributed by atoms with Crippen molar-refractivity contribution < 1.29 is 0 Å². The third kappa shape index (κ3) is 2.88. The van der Waals surface area contributed by atoms with Gasteiger partial charge in [0.1, 0.15) is 0 Å². The molecule has 0 radical (unpaired) electrons. The molecule has 0 aromatic heterocycles. The van der Waals surface area contributed by atoms with Crippen LogP contribution >= 0.6 is 11.8 Å². The van der Waals surface area contributed by atoms with Gasteiger partial charge in [-0.1, -0.05) is 0 Å². The van der Waals surface area contributed by atoms with E-state index < -0.39 is 0 Å². The molecule has 2 N–H and O–H groups in total. The molecule has 0 spiro atoms. The highest BCUT2D eigenvalue weighted by molar-refractivity contribution is 7.99. The minimum Gasteiger partial charge on any atom is -0.325 e. The molecule has 1 atom stereocenters. The minimum absolute atomic E-state index is 0.112.